The molecule has 124 valence electrons. The van der Waals surface area contributed by atoms with Crippen LogP contribution in [0.2, 0.25) is 5.15 Å². The van der Waals surface area contributed by atoms with Gasteiger partial charge in [0.2, 0.25) is 11.1 Å². The smallest absolute Gasteiger partial charge is 0.233 e. The SMILES string of the molecule is Nc1nsc(N2CCN(Cc3cc4ccccc4nc3Cl)CC2)n1. The van der Waals surface area contributed by atoms with Crippen LogP contribution in [-0.2, 0) is 6.54 Å². The third kappa shape index (κ3) is 3.15. The molecule has 0 unspecified atom stereocenters. The third-order valence-corrected chi connectivity index (χ3v) is 5.34. The van der Waals surface area contributed by atoms with Gasteiger partial charge < -0.3 is 10.6 Å². The number of hydrogen-bond acceptors (Lipinski definition) is 7. The van der Waals surface area contributed by atoms with Crippen molar-refractivity contribution in [3.8, 4) is 0 Å². The van der Waals surface area contributed by atoms with Gasteiger partial charge in [0.05, 0.1) is 5.52 Å². The van der Waals surface area contributed by atoms with Gasteiger partial charge in [-0.05, 0) is 12.1 Å². The van der Waals surface area contributed by atoms with E-state index in [1.165, 1.54) is 11.5 Å². The molecule has 0 bridgehead atoms. The first-order valence-electron chi connectivity index (χ1n) is 7.80. The second-order valence-electron chi connectivity index (χ2n) is 5.83. The maximum Gasteiger partial charge on any atom is 0.233 e. The number of nitrogen functional groups attached to an aromatic ring is 1. The Kier molecular flexibility index (Phi) is 4.22. The second-order valence-corrected chi connectivity index (χ2v) is 6.92. The maximum atomic E-state index is 6.37. The van der Waals surface area contributed by atoms with Crippen molar-refractivity contribution in [3.63, 3.8) is 0 Å². The zero-order valence-electron chi connectivity index (χ0n) is 13.0. The van der Waals surface area contributed by atoms with Gasteiger partial charge in [-0.3, -0.25) is 4.90 Å². The number of rotatable bonds is 3. The number of benzene rings is 1. The number of anilines is 2. The Bertz CT molecular complexity index is 859. The fourth-order valence-corrected chi connectivity index (χ4v) is 3.79. The topological polar surface area (TPSA) is 71.2 Å². The van der Waals surface area contributed by atoms with E-state index in [0.717, 1.165) is 54.3 Å². The van der Waals surface area contributed by atoms with Gasteiger partial charge in [-0.25, -0.2) is 4.98 Å². The van der Waals surface area contributed by atoms with Crippen LogP contribution in [0.5, 0.6) is 0 Å². The highest BCUT2D eigenvalue weighted by Crippen LogP contribution is 2.24. The van der Waals surface area contributed by atoms with Gasteiger partial charge in [0.25, 0.3) is 0 Å². The van der Waals surface area contributed by atoms with Gasteiger partial charge in [0.15, 0.2) is 0 Å². The summed E-state index contributed by atoms with van der Waals surface area (Å²) in [6.07, 6.45) is 0. The van der Waals surface area contributed by atoms with Crippen molar-refractivity contribution < 1.29 is 0 Å². The summed E-state index contributed by atoms with van der Waals surface area (Å²) in [7, 11) is 0. The molecule has 3 aromatic rings. The summed E-state index contributed by atoms with van der Waals surface area (Å²) >= 11 is 7.73. The molecular formula is C16H17ClN6S. The van der Waals surface area contributed by atoms with Gasteiger partial charge in [0, 0.05) is 55.2 Å². The lowest BCUT2D eigenvalue weighted by Gasteiger charge is -2.34. The zero-order chi connectivity index (χ0) is 16.5. The lowest BCUT2D eigenvalue weighted by molar-refractivity contribution is 0.250. The van der Waals surface area contributed by atoms with E-state index in [0.29, 0.717) is 11.1 Å². The molecule has 1 fully saturated rings. The number of hydrogen-bond donors (Lipinski definition) is 1. The van der Waals surface area contributed by atoms with Gasteiger partial charge in [-0.15, -0.1) is 0 Å². The molecule has 0 saturated carbocycles. The molecule has 1 aliphatic rings. The van der Waals surface area contributed by atoms with Crippen LogP contribution in [0.25, 0.3) is 10.9 Å². The van der Waals surface area contributed by atoms with Crippen molar-refractivity contribution in [1.29, 1.82) is 0 Å². The summed E-state index contributed by atoms with van der Waals surface area (Å²) in [5.41, 5.74) is 7.61. The van der Waals surface area contributed by atoms with Crippen LogP contribution in [-0.4, -0.2) is 45.4 Å². The number of nitrogens with zero attached hydrogens (tertiary/aromatic N) is 5. The lowest BCUT2D eigenvalue weighted by atomic mass is 10.1. The van der Waals surface area contributed by atoms with Crippen molar-refractivity contribution >= 4 is 45.1 Å². The van der Waals surface area contributed by atoms with Crippen LogP contribution in [0, 0.1) is 0 Å². The van der Waals surface area contributed by atoms with Crippen LogP contribution in [0.1, 0.15) is 5.56 Å². The normalized spacial score (nSPS) is 16.0. The Hall–Kier alpha value is -1.96. The summed E-state index contributed by atoms with van der Waals surface area (Å²) in [6, 6.07) is 10.2. The number of piperazine rings is 1. The van der Waals surface area contributed by atoms with Gasteiger partial charge in [0.1, 0.15) is 5.15 Å². The van der Waals surface area contributed by atoms with Crippen molar-refractivity contribution in [2.45, 2.75) is 6.54 Å². The van der Waals surface area contributed by atoms with E-state index in [1.54, 1.807) is 0 Å². The Morgan fingerprint density at radius 2 is 1.92 bits per heavy atom. The van der Waals surface area contributed by atoms with E-state index in [9.17, 15) is 0 Å². The summed E-state index contributed by atoms with van der Waals surface area (Å²) in [6.45, 7) is 4.52. The van der Waals surface area contributed by atoms with Crippen molar-refractivity contribution in [2.75, 3.05) is 36.8 Å². The lowest BCUT2D eigenvalue weighted by Crippen LogP contribution is -2.46. The molecule has 1 saturated heterocycles. The van der Waals surface area contributed by atoms with Gasteiger partial charge in [-0.2, -0.15) is 9.36 Å². The van der Waals surface area contributed by atoms with Crippen LogP contribution >= 0.6 is 23.1 Å². The molecule has 0 aliphatic carbocycles. The van der Waals surface area contributed by atoms with E-state index >= 15 is 0 Å². The molecule has 3 heterocycles. The fraction of sp³-hybridized carbons (Fsp3) is 0.312. The minimum atomic E-state index is 0.353. The Labute approximate surface area is 149 Å². The van der Waals surface area contributed by atoms with E-state index in [2.05, 4.69) is 36.3 Å². The van der Waals surface area contributed by atoms with Crippen molar-refractivity contribution in [3.05, 3.63) is 41.0 Å². The third-order valence-electron chi connectivity index (χ3n) is 4.22. The monoisotopic (exact) mass is 360 g/mol. The highest BCUT2D eigenvalue weighted by molar-refractivity contribution is 7.09. The molecule has 8 heteroatoms. The molecule has 2 aromatic heterocycles. The van der Waals surface area contributed by atoms with Crippen LogP contribution < -0.4 is 10.6 Å². The number of para-hydroxylation sites is 1. The summed E-state index contributed by atoms with van der Waals surface area (Å²) < 4.78 is 4.05. The second kappa shape index (κ2) is 6.51. The van der Waals surface area contributed by atoms with E-state index < -0.39 is 0 Å². The molecule has 0 radical (unpaired) electrons. The average molecular weight is 361 g/mol. The van der Waals surface area contributed by atoms with E-state index in [1.807, 2.05) is 18.2 Å². The molecule has 1 aromatic carbocycles. The largest absolute Gasteiger partial charge is 0.367 e. The molecule has 0 spiro atoms. The summed E-state index contributed by atoms with van der Waals surface area (Å²) in [4.78, 5) is 13.4. The van der Waals surface area contributed by atoms with E-state index in [-0.39, 0.29) is 0 Å². The highest BCUT2D eigenvalue weighted by Gasteiger charge is 2.20. The quantitative estimate of drug-likeness (QED) is 0.724. The first-order valence-corrected chi connectivity index (χ1v) is 8.95. The average Bonchev–Trinajstić information content (AvgIpc) is 3.03. The highest BCUT2D eigenvalue weighted by atomic mass is 35.5. The number of nitrogens with two attached hydrogens (primary N) is 1. The first kappa shape index (κ1) is 15.6. The first-order chi connectivity index (χ1) is 11.7. The van der Waals surface area contributed by atoms with Crippen molar-refractivity contribution in [2.24, 2.45) is 0 Å². The maximum absolute atomic E-state index is 6.37. The molecule has 6 nitrogen and oxygen atoms in total. The number of aromatic nitrogens is 3. The van der Waals surface area contributed by atoms with Crippen LogP contribution in [0.4, 0.5) is 11.1 Å². The molecule has 1 aliphatic heterocycles. The summed E-state index contributed by atoms with van der Waals surface area (Å²) in [5, 5.41) is 2.62. The molecule has 4 rings (SSSR count). The Balaban J connectivity index is 1.44. The standard InChI is InChI=1S/C16H17ClN6S/c17-14-12(9-11-3-1-2-4-13(11)19-14)10-22-5-7-23(8-6-22)16-20-15(18)21-24-16/h1-4,9H,5-8,10H2,(H2,18,21). The molecule has 24 heavy (non-hydrogen) atoms. The Morgan fingerprint density at radius 1 is 1.12 bits per heavy atom. The van der Waals surface area contributed by atoms with Gasteiger partial charge >= 0.3 is 0 Å². The molecule has 2 N–H and O–H groups in total. The zero-order valence-corrected chi connectivity index (χ0v) is 14.6. The van der Waals surface area contributed by atoms with E-state index in [4.69, 9.17) is 17.3 Å². The number of halogens is 1. The predicted molar refractivity (Wildman–Crippen MR) is 98.6 cm³/mol. The van der Waals surface area contributed by atoms with Crippen LogP contribution in [0.15, 0.2) is 30.3 Å². The fourth-order valence-electron chi connectivity index (χ4n) is 2.94. The minimum absolute atomic E-state index is 0.353. The number of pyridine rings is 1. The van der Waals surface area contributed by atoms with Crippen LogP contribution in [0.3, 0.4) is 0 Å². The minimum Gasteiger partial charge on any atom is -0.367 e. The van der Waals surface area contributed by atoms with Crippen molar-refractivity contribution in [1.82, 2.24) is 19.2 Å². The van der Waals surface area contributed by atoms with Gasteiger partial charge in [-0.1, -0.05) is 29.8 Å². The molecule has 0 atom stereocenters. The molecular weight excluding hydrogens is 344 g/mol. The summed E-state index contributed by atoms with van der Waals surface area (Å²) in [5.74, 6) is 0.353. The molecule has 0 amide bonds. The number of fused-ring (bicyclic) bond motifs is 1. The Morgan fingerprint density at radius 3 is 2.67 bits per heavy atom. The predicted octanol–water partition coefficient (Wildman–Crippen LogP) is 2.64.